The number of aromatic nitrogens is 1. The van der Waals surface area contributed by atoms with E-state index in [-0.39, 0.29) is 23.3 Å². The molecule has 0 bridgehead atoms. The summed E-state index contributed by atoms with van der Waals surface area (Å²) in [5.74, 6) is -0.419. The van der Waals surface area contributed by atoms with Crippen molar-refractivity contribution >= 4 is 33.4 Å². The van der Waals surface area contributed by atoms with E-state index in [1.54, 1.807) is 4.90 Å². The Morgan fingerprint density at radius 3 is 2.95 bits per heavy atom. The summed E-state index contributed by atoms with van der Waals surface area (Å²) in [4.78, 5) is 28.1. The van der Waals surface area contributed by atoms with Crippen LogP contribution in [0.2, 0.25) is 0 Å². The number of pyridine rings is 1. The molecule has 0 radical (unpaired) electrons. The smallest absolute Gasteiger partial charge is 0.326 e. The van der Waals surface area contributed by atoms with Gasteiger partial charge in [-0.1, -0.05) is 6.42 Å². The fourth-order valence-electron chi connectivity index (χ4n) is 3.62. The second kappa shape index (κ2) is 5.25. The highest BCUT2D eigenvalue weighted by Crippen LogP contribution is 2.45. The van der Waals surface area contributed by atoms with Gasteiger partial charge >= 0.3 is 11.7 Å². The quantitative estimate of drug-likeness (QED) is 0.660. The topological polar surface area (TPSA) is 96.6 Å². The fraction of sp³-hybridized carbons (Fsp3) is 0.538. The number of carboxylic acids is 1. The molecule has 21 heavy (non-hydrogen) atoms. The van der Waals surface area contributed by atoms with Crippen molar-refractivity contribution < 1.29 is 14.8 Å². The molecule has 1 aromatic rings. The summed E-state index contributed by atoms with van der Waals surface area (Å²) in [5.41, 5.74) is -0.157. The van der Waals surface area contributed by atoms with Gasteiger partial charge in [-0.3, -0.25) is 10.1 Å². The average molecular weight is 356 g/mol. The zero-order valence-electron chi connectivity index (χ0n) is 11.1. The summed E-state index contributed by atoms with van der Waals surface area (Å²) in [6.07, 6.45) is 4.34. The molecule has 1 saturated heterocycles. The first-order valence-corrected chi connectivity index (χ1v) is 7.57. The predicted octanol–water partition coefficient (Wildman–Crippen LogP) is 2.44. The number of nitro groups is 1. The first-order valence-electron chi connectivity index (χ1n) is 6.78. The Balaban J connectivity index is 2.03. The minimum atomic E-state index is -0.927. The largest absolute Gasteiger partial charge is 0.480 e. The molecule has 2 fully saturated rings. The highest BCUT2D eigenvalue weighted by molar-refractivity contribution is 9.10. The number of rotatable bonds is 3. The van der Waals surface area contributed by atoms with E-state index >= 15 is 0 Å². The number of carboxylic acid groups (broad SMARTS) is 1. The third-order valence-corrected chi connectivity index (χ3v) is 4.86. The van der Waals surface area contributed by atoms with Crippen LogP contribution in [0.5, 0.6) is 0 Å². The van der Waals surface area contributed by atoms with Gasteiger partial charge in [0.1, 0.15) is 6.04 Å². The van der Waals surface area contributed by atoms with Crippen molar-refractivity contribution in [2.24, 2.45) is 11.8 Å². The zero-order chi connectivity index (χ0) is 15.1. The monoisotopic (exact) mass is 355 g/mol. The third kappa shape index (κ3) is 2.37. The van der Waals surface area contributed by atoms with E-state index in [1.165, 1.54) is 12.3 Å². The van der Waals surface area contributed by atoms with E-state index in [4.69, 9.17) is 0 Å². The van der Waals surface area contributed by atoms with Gasteiger partial charge in [-0.05, 0) is 40.6 Å². The molecule has 2 aliphatic rings. The van der Waals surface area contributed by atoms with Crippen LogP contribution in [0, 0.1) is 22.0 Å². The zero-order valence-corrected chi connectivity index (χ0v) is 12.7. The number of halogens is 1. The van der Waals surface area contributed by atoms with Crippen molar-refractivity contribution in [1.82, 2.24) is 4.98 Å². The van der Waals surface area contributed by atoms with Gasteiger partial charge in [-0.25, -0.2) is 9.78 Å². The third-order valence-electron chi connectivity index (χ3n) is 4.43. The first-order chi connectivity index (χ1) is 9.99. The molecule has 2 heterocycles. The summed E-state index contributed by atoms with van der Waals surface area (Å²) in [6, 6.07) is 0.653. The van der Waals surface area contributed by atoms with Crippen LogP contribution in [0.3, 0.4) is 0 Å². The molecule has 3 atom stereocenters. The molecule has 3 unspecified atom stereocenters. The first kappa shape index (κ1) is 14.2. The van der Waals surface area contributed by atoms with Crippen LogP contribution in [0.25, 0.3) is 0 Å². The molecular weight excluding hydrogens is 342 g/mol. The lowest BCUT2D eigenvalue weighted by molar-refractivity contribution is -0.384. The molecule has 0 aromatic carbocycles. The van der Waals surface area contributed by atoms with E-state index in [2.05, 4.69) is 20.9 Å². The van der Waals surface area contributed by atoms with E-state index in [0.717, 1.165) is 19.3 Å². The van der Waals surface area contributed by atoms with Crippen molar-refractivity contribution in [1.29, 1.82) is 0 Å². The maximum absolute atomic E-state index is 11.6. The molecule has 0 amide bonds. The van der Waals surface area contributed by atoms with Crippen LogP contribution in [-0.4, -0.2) is 33.6 Å². The molecule has 8 heteroatoms. The number of anilines is 1. The van der Waals surface area contributed by atoms with E-state index in [9.17, 15) is 20.0 Å². The minimum Gasteiger partial charge on any atom is -0.480 e. The van der Waals surface area contributed by atoms with Crippen LogP contribution in [0.4, 0.5) is 11.5 Å². The number of carbonyl (C=O) groups is 1. The van der Waals surface area contributed by atoms with Gasteiger partial charge in [-0.15, -0.1) is 0 Å². The van der Waals surface area contributed by atoms with Gasteiger partial charge in [0.2, 0.25) is 5.82 Å². The van der Waals surface area contributed by atoms with Crippen LogP contribution < -0.4 is 4.90 Å². The van der Waals surface area contributed by atoms with Gasteiger partial charge in [-0.2, -0.15) is 0 Å². The Morgan fingerprint density at radius 2 is 2.29 bits per heavy atom. The maximum Gasteiger partial charge on any atom is 0.326 e. The number of hydrogen-bond donors (Lipinski definition) is 1. The van der Waals surface area contributed by atoms with Crippen LogP contribution in [-0.2, 0) is 4.79 Å². The normalized spacial score (nSPS) is 27.7. The predicted molar refractivity (Wildman–Crippen MR) is 78.2 cm³/mol. The van der Waals surface area contributed by atoms with Crippen molar-refractivity contribution in [2.45, 2.75) is 25.3 Å². The number of hydrogen-bond acceptors (Lipinski definition) is 5. The Kier molecular flexibility index (Phi) is 3.56. The second-order valence-corrected chi connectivity index (χ2v) is 6.46. The Labute approximate surface area is 129 Å². The van der Waals surface area contributed by atoms with Crippen LogP contribution in [0.1, 0.15) is 19.3 Å². The lowest BCUT2D eigenvalue weighted by Gasteiger charge is -2.24. The molecule has 112 valence electrons. The van der Waals surface area contributed by atoms with Crippen molar-refractivity contribution in [3.05, 3.63) is 26.9 Å². The summed E-state index contributed by atoms with van der Waals surface area (Å²) in [7, 11) is 0. The Morgan fingerprint density at radius 1 is 1.52 bits per heavy atom. The van der Waals surface area contributed by atoms with E-state index < -0.39 is 16.9 Å². The standard InChI is InChI=1S/C13H14BrN3O4/c14-8-4-10(17(20)21)12(15-5-8)16-6-7-2-1-3-9(7)11(16)13(18)19/h4-5,7,9,11H,1-3,6H2,(H,18,19). The lowest BCUT2D eigenvalue weighted by Crippen LogP contribution is -2.40. The van der Waals surface area contributed by atoms with Crippen LogP contribution in [0.15, 0.2) is 16.7 Å². The van der Waals surface area contributed by atoms with Crippen LogP contribution >= 0.6 is 15.9 Å². The minimum absolute atomic E-state index is 0.0625. The molecule has 1 aliphatic heterocycles. The van der Waals surface area contributed by atoms with Gasteiger partial charge in [0.05, 0.1) is 4.92 Å². The second-order valence-electron chi connectivity index (χ2n) is 5.54. The number of nitrogens with zero attached hydrogens (tertiary/aromatic N) is 3. The van der Waals surface area contributed by atoms with Crippen molar-refractivity contribution in [3.63, 3.8) is 0 Å². The lowest BCUT2D eigenvalue weighted by atomic mass is 9.94. The molecule has 1 N–H and O–H groups in total. The fourth-order valence-corrected chi connectivity index (χ4v) is 3.94. The summed E-state index contributed by atoms with van der Waals surface area (Å²) < 4.78 is 0.504. The molecule has 1 aliphatic carbocycles. The Bertz CT molecular complexity index is 609. The summed E-state index contributed by atoms with van der Waals surface area (Å²) in [6.45, 7) is 0.525. The molecule has 1 saturated carbocycles. The molecular formula is C13H14BrN3O4. The van der Waals surface area contributed by atoms with Gasteiger partial charge in [0, 0.05) is 23.3 Å². The van der Waals surface area contributed by atoms with Crippen molar-refractivity contribution in [2.75, 3.05) is 11.4 Å². The summed E-state index contributed by atoms with van der Waals surface area (Å²) in [5, 5.41) is 20.8. The van der Waals surface area contributed by atoms with Gasteiger partial charge in [0.25, 0.3) is 0 Å². The number of aliphatic carboxylic acids is 1. The number of fused-ring (bicyclic) bond motifs is 1. The molecule has 7 nitrogen and oxygen atoms in total. The van der Waals surface area contributed by atoms with Gasteiger partial charge in [0.15, 0.2) is 0 Å². The SMILES string of the molecule is O=C(O)C1C2CCCC2CN1c1ncc(Br)cc1[N+](=O)[O-]. The highest BCUT2D eigenvalue weighted by Gasteiger charge is 2.49. The van der Waals surface area contributed by atoms with Gasteiger partial charge < -0.3 is 10.0 Å². The van der Waals surface area contributed by atoms with E-state index in [0.29, 0.717) is 11.0 Å². The maximum atomic E-state index is 11.6. The highest BCUT2D eigenvalue weighted by atomic mass is 79.9. The van der Waals surface area contributed by atoms with E-state index in [1.807, 2.05) is 0 Å². The molecule has 0 spiro atoms. The summed E-state index contributed by atoms with van der Waals surface area (Å²) >= 11 is 3.16. The van der Waals surface area contributed by atoms with Crippen molar-refractivity contribution in [3.8, 4) is 0 Å². The molecule has 3 rings (SSSR count). The molecule has 1 aromatic heterocycles. The average Bonchev–Trinajstić information content (AvgIpc) is 2.97. The Hall–Kier alpha value is -1.70.